The Labute approximate surface area is 182 Å². The summed E-state index contributed by atoms with van der Waals surface area (Å²) in [6.45, 7) is -3.55. The van der Waals surface area contributed by atoms with Crippen molar-refractivity contribution in [3.8, 4) is 28.4 Å². The number of rotatable bonds is 8. The van der Waals surface area contributed by atoms with Crippen LogP contribution in [0.3, 0.4) is 0 Å². The van der Waals surface area contributed by atoms with Crippen molar-refractivity contribution in [1.82, 2.24) is 10.9 Å². The largest absolute Gasteiger partial charge is 0.493 e. The molecule has 3 rings (SSSR count). The fourth-order valence-corrected chi connectivity index (χ4v) is 2.89. The molecule has 2 N–H and O–H groups in total. The van der Waals surface area contributed by atoms with Gasteiger partial charge in [0.1, 0.15) is 5.75 Å². The molecular formula is C23H20F2N2O5. The molecule has 0 aliphatic carbocycles. The zero-order valence-corrected chi connectivity index (χ0v) is 17.0. The molecule has 0 saturated carbocycles. The molecule has 0 saturated heterocycles. The van der Waals surface area contributed by atoms with Crippen LogP contribution in [0, 0.1) is 0 Å². The van der Waals surface area contributed by atoms with Gasteiger partial charge in [-0.1, -0.05) is 54.6 Å². The lowest BCUT2D eigenvalue weighted by Gasteiger charge is -2.15. The molecule has 0 radical (unpaired) electrons. The number of carbonyl (C=O) groups excluding carboxylic acids is 2. The van der Waals surface area contributed by atoms with E-state index in [2.05, 4.69) is 15.6 Å². The highest BCUT2D eigenvalue weighted by Crippen LogP contribution is 2.32. The molecule has 7 nitrogen and oxygen atoms in total. The van der Waals surface area contributed by atoms with Crippen molar-refractivity contribution in [3.63, 3.8) is 0 Å². The van der Waals surface area contributed by atoms with Crippen LogP contribution in [-0.4, -0.2) is 32.1 Å². The van der Waals surface area contributed by atoms with E-state index in [-0.39, 0.29) is 17.9 Å². The predicted molar refractivity (Wildman–Crippen MR) is 113 cm³/mol. The van der Waals surface area contributed by atoms with Crippen molar-refractivity contribution in [2.75, 3.05) is 13.7 Å². The minimum atomic E-state index is -3.16. The number of amides is 2. The zero-order chi connectivity index (χ0) is 22.9. The number of para-hydroxylation sites is 2. The molecule has 0 fully saturated rings. The third kappa shape index (κ3) is 5.72. The van der Waals surface area contributed by atoms with E-state index in [1.165, 1.54) is 25.3 Å². The molecule has 3 aromatic carbocycles. The van der Waals surface area contributed by atoms with Gasteiger partial charge < -0.3 is 14.2 Å². The van der Waals surface area contributed by atoms with E-state index in [1.54, 1.807) is 12.1 Å². The molecular weight excluding hydrogens is 422 g/mol. The van der Waals surface area contributed by atoms with Crippen LogP contribution in [-0.2, 0) is 4.79 Å². The third-order valence-electron chi connectivity index (χ3n) is 4.30. The van der Waals surface area contributed by atoms with Crippen molar-refractivity contribution >= 4 is 11.8 Å². The molecule has 0 bridgehead atoms. The van der Waals surface area contributed by atoms with Gasteiger partial charge in [-0.25, -0.2) is 0 Å². The average Bonchev–Trinajstić information content (AvgIpc) is 2.81. The quantitative estimate of drug-likeness (QED) is 0.519. The van der Waals surface area contributed by atoms with Crippen LogP contribution in [0.25, 0.3) is 11.1 Å². The van der Waals surface area contributed by atoms with Crippen molar-refractivity contribution in [2.24, 2.45) is 0 Å². The highest BCUT2D eigenvalue weighted by atomic mass is 19.3. The molecule has 0 unspecified atom stereocenters. The monoisotopic (exact) mass is 442 g/mol. The fourth-order valence-electron chi connectivity index (χ4n) is 2.89. The smallest absolute Gasteiger partial charge is 0.387 e. The number of alkyl halides is 2. The summed E-state index contributed by atoms with van der Waals surface area (Å²) < 4.78 is 40.4. The number of nitrogens with one attached hydrogen (secondary N) is 2. The van der Waals surface area contributed by atoms with E-state index >= 15 is 0 Å². The number of carbonyl (C=O) groups is 2. The molecule has 0 aliphatic heterocycles. The molecule has 9 heteroatoms. The topological polar surface area (TPSA) is 85.9 Å². The normalized spacial score (nSPS) is 10.4. The maximum Gasteiger partial charge on any atom is 0.387 e. The van der Waals surface area contributed by atoms with Crippen molar-refractivity contribution in [1.29, 1.82) is 0 Å². The highest BCUT2D eigenvalue weighted by molar-refractivity contribution is 5.98. The van der Waals surface area contributed by atoms with E-state index in [0.717, 1.165) is 11.1 Å². The van der Waals surface area contributed by atoms with E-state index in [4.69, 9.17) is 9.47 Å². The summed E-state index contributed by atoms with van der Waals surface area (Å²) in [7, 11) is 1.25. The van der Waals surface area contributed by atoms with Gasteiger partial charge in [0, 0.05) is 5.56 Å². The third-order valence-corrected chi connectivity index (χ3v) is 4.30. The molecule has 0 spiro atoms. The summed E-state index contributed by atoms with van der Waals surface area (Å²) in [4.78, 5) is 24.5. The standard InChI is InChI=1S/C23H20F2N2O5/c1-30-19-13-7-11-17(21(19)32-23(24)25)22(29)27-26-20(28)14-31-18-12-6-5-10-16(18)15-8-3-2-4-9-15/h2-13,23H,14H2,1H3,(H,26,28)(H,27,29). The lowest BCUT2D eigenvalue weighted by Crippen LogP contribution is -2.44. The van der Waals surface area contributed by atoms with Crippen molar-refractivity contribution in [3.05, 3.63) is 78.4 Å². The first-order valence-electron chi connectivity index (χ1n) is 9.48. The van der Waals surface area contributed by atoms with Gasteiger partial charge >= 0.3 is 6.61 Å². The van der Waals surface area contributed by atoms with Gasteiger partial charge in [-0.15, -0.1) is 0 Å². The summed E-state index contributed by atoms with van der Waals surface area (Å²) in [6.07, 6.45) is 0. The fraction of sp³-hybridized carbons (Fsp3) is 0.130. The number of hydrazine groups is 1. The number of benzene rings is 3. The molecule has 32 heavy (non-hydrogen) atoms. The van der Waals surface area contributed by atoms with Gasteiger partial charge in [-0.05, 0) is 23.8 Å². The SMILES string of the molecule is COc1cccc(C(=O)NNC(=O)COc2ccccc2-c2ccccc2)c1OC(F)F. The molecule has 0 heterocycles. The number of hydrogen-bond donors (Lipinski definition) is 2. The van der Waals surface area contributed by atoms with E-state index in [1.807, 2.05) is 42.5 Å². The minimum absolute atomic E-state index is 0.0508. The van der Waals surface area contributed by atoms with E-state index in [9.17, 15) is 18.4 Å². The highest BCUT2D eigenvalue weighted by Gasteiger charge is 2.20. The minimum Gasteiger partial charge on any atom is -0.493 e. The Hall–Kier alpha value is -4.14. The van der Waals surface area contributed by atoms with Crippen LogP contribution in [0.1, 0.15) is 10.4 Å². The Bertz CT molecular complexity index is 1080. The van der Waals surface area contributed by atoms with Gasteiger partial charge in [0.2, 0.25) is 0 Å². The Balaban J connectivity index is 1.62. The summed E-state index contributed by atoms with van der Waals surface area (Å²) in [5, 5.41) is 0. The average molecular weight is 442 g/mol. The van der Waals surface area contributed by atoms with Crippen molar-refractivity contribution in [2.45, 2.75) is 6.61 Å². The van der Waals surface area contributed by atoms with E-state index < -0.39 is 24.2 Å². The zero-order valence-electron chi connectivity index (χ0n) is 17.0. The molecule has 166 valence electrons. The van der Waals surface area contributed by atoms with Crippen LogP contribution in [0.2, 0.25) is 0 Å². The molecule has 2 amide bonds. The van der Waals surface area contributed by atoms with Crippen LogP contribution in [0.5, 0.6) is 17.2 Å². The first-order chi connectivity index (χ1) is 15.5. The first kappa shape index (κ1) is 22.5. The van der Waals surface area contributed by atoms with Gasteiger partial charge in [-0.3, -0.25) is 20.4 Å². The first-order valence-corrected chi connectivity index (χ1v) is 9.48. The van der Waals surface area contributed by atoms with E-state index in [0.29, 0.717) is 5.75 Å². The lowest BCUT2D eigenvalue weighted by molar-refractivity contribution is -0.123. The summed E-state index contributed by atoms with van der Waals surface area (Å²) in [6, 6.07) is 20.7. The van der Waals surface area contributed by atoms with Crippen LogP contribution in [0.15, 0.2) is 72.8 Å². The van der Waals surface area contributed by atoms with Crippen LogP contribution >= 0.6 is 0 Å². The van der Waals surface area contributed by atoms with Crippen LogP contribution in [0.4, 0.5) is 8.78 Å². The lowest BCUT2D eigenvalue weighted by atomic mass is 10.1. The summed E-state index contributed by atoms with van der Waals surface area (Å²) >= 11 is 0. The second kappa shape index (κ2) is 10.8. The summed E-state index contributed by atoms with van der Waals surface area (Å²) in [5.74, 6) is -1.52. The van der Waals surface area contributed by atoms with Gasteiger partial charge in [0.05, 0.1) is 12.7 Å². The maximum absolute atomic E-state index is 12.7. The Morgan fingerprint density at radius 1 is 0.875 bits per heavy atom. The summed E-state index contributed by atoms with van der Waals surface area (Å²) in [5.41, 5.74) is 5.81. The Morgan fingerprint density at radius 3 is 2.28 bits per heavy atom. The Kier molecular flexibility index (Phi) is 7.58. The molecule has 0 aliphatic rings. The maximum atomic E-state index is 12.7. The van der Waals surface area contributed by atoms with Crippen molar-refractivity contribution < 1.29 is 32.6 Å². The second-order valence-electron chi connectivity index (χ2n) is 6.37. The number of ether oxygens (including phenoxy) is 3. The van der Waals surface area contributed by atoms with Crippen LogP contribution < -0.4 is 25.1 Å². The predicted octanol–water partition coefficient (Wildman–Crippen LogP) is 3.80. The number of hydrogen-bond acceptors (Lipinski definition) is 5. The number of methoxy groups -OCH3 is 1. The van der Waals surface area contributed by atoms with Gasteiger partial charge in [-0.2, -0.15) is 8.78 Å². The number of halogens is 2. The van der Waals surface area contributed by atoms with Gasteiger partial charge in [0.25, 0.3) is 11.8 Å². The molecule has 0 aromatic heterocycles. The Morgan fingerprint density at radius 2 is 1.56 bits per heavy atom. The van der Waals surface area contributed by atoms with Gasteiger partial charge in [0.15, 0.2) is 18.1 Å². The molecule has 0 atom stereocenters. The molecule has 3 aromatic rings. The second-order valence-corrected chi connectivity index (χ2v) is 6.37.